The predicted molar refractivity (Wildman–Crippen MR) is 124 cm³/mol. The van der Waals surface area contributed by atoms with Gasteiger partial charge in [0.15, 0.2) is 0 Å². The van der Waals surface area contributed by atoms with E-state index in [9.17, 15) is 18.0 Å². The van der Waals surface area contributed by atoms with Crippen LogP contribution in [-0.2, 0) is 19.6 Å². The van der Waals surface area contributed by atoms with Gasteiger partial charge in [-0.2, -0.15) is 13.2 Å². The van der Waals surface area contributed by atoms with Crippen molar-refractivity contribution in [2.24, 2.45) is 13.0 Å². The number of piperidine rings is 1. The first-order valence-electron chi connectivity index (χ1n) is 10.8. The predicted octanol–water partition coefficient (Wildman–Crippen LogP) is 6.67. The Bertz CT molecular complexity index is 1230. The van der Waals surface area contributed by atoms with Crippen LogP contribution in [0.25, 0.3) is 11.0 Å². The number of carbonyl (C=O) groups excluding carboxylic acids is 1. The molecule has 0 saturated carbocycles. The Hall–Kier alpha value is -2.25. The zero-order valence-corrected chi connectivity index (χ0v) is 20.1. The Morgan fingerprint density at radius 3 is 2.48 bits per heavy atom. The Morgan fingerprint density at radius 1 is 1.18 bits per heavy atom. The van der Waals surface area contributed by atoms with Crippen molar-refractivity contribution >= 4 is 40.1 Å². The zero-order chi connectivity index (χ0) is 24.1. The second kappa shape index (κ2) is 8.84. The van der Waals surface area contributed by atoms with Crippen molar-refractivity contribution in [3.63, 3.8) is 0 Å². The van der Waals surface area contributed by atoms with Crippen LogP contribution in [-0.4, -0.2) is 33.4 Å². The Morgan fingerprint density at radius 2 is 1.85 bits per heavy atom. The quantitative estimate of drug-likeness (QED) is 0.405. The van der Waals surface area contributed by atoms with Crippen LogP contribution in [0, 0.1) is 12.8 Å². The lowest BCUT2D eigenvalue weighted by Crippen LogP contribution is -2.38. The Balaban J connectivity index is 1.71. The maximum Gasteiger partial charge on any atom is 0.416 e. The van der Waals surface area contributed by atoms with Gasteiger partial charge in [-0.05, 0) is 61.1 Å². The molecule has 0 radical (unpaired) electrons. The van der Waals surface area contributed by atoms with Crippen molar-refractivity contribution < 1.29 is 18.0 Å². The molecule has 4 rings (SSSR count). The lowest BCUT2D eigenvalue weighted by atomic mass is 9.98. The molecule has 9 heteroatoms. The molecule has 1 fully saturated rings. The second-order valence-electron chi connectivity index (χ2n) is 8.78. The van der Waals surface area contributed by atoms with Crippen LogP contribution in [0.2, 0.25) is 10.0 Å². The van der Waals surface area contributed by atoms with Gasteiger partial charge in [0.2, 0.25) is 0 Å². The van der Waals surface area contributed by atoms with Crippen LogP contribution in [0.5, 0.6) is 0 Å². The number of aryl methyl sites for hydroxylation is 2. The fourth-order valence-electron chi connectivity index (χ4n) is 4.29. The molecular weight excluding hydrogens is 474 g/mol. The highest BCUT2D eigenvalue weighted by atomic mass is 35.5. The van der Waals surface area contributed by atoms with Gasteiger partial charge in [0.1, 0.15) is 5.82 Å². The monoisotopic (exact) mass is 497 g/mol. The number of alkyl halides is 3. The molecule has 0 unspecified atom stereocenters. The molecule has 3 aromatic rings. The van der Waals surface area contributed by atoms with E-state index in [1.807, 2.05) is 0 Å². The molecule has 1 amide bonds. The van der Waals surface area contributed by atoms with E-state index >= 15 is 0 Å². The molecule has 176 valence electrons. The van der Waals surface area contributed by atoms with Crippen LogP contribution < -0.4 is 0 Å². The summed E-state index contributed by atoms with van der Waals surface area (Å²) in [6.07, 6.45) is -2.37. The van der Waals surface area contributed by atoms with E-state index in [4.69, 9.17) is 23.2 Å². The first-order valence-corrected chi connectivity index (χ1v) is 11.5. The normalized spacial score (nSPS) is 15.5. The van der Waals surface area contributed by atoms with Gasteiger partial charge in [0.05, 0.1) is 27.2 Å². The molecule has 2 aromatic carbocycles. The molecule has 33 heavy (non-hydrogen) atoms. The smallest absolute Gasteiger partial charge is 0.339 e. The van der Waals surface area contributed by atoms with Gasteiger partial charge in [-0.1, -0.05) is 30.1 Å². The number of fused-ring (bicyclic) bond motifs is 1. The van der Waals surface area contributed by atoms with Gasteiger partial charge < -0.3 is 9.47 Å². The van der Waals surface area contributed by atoms with Crippen molar-refractivity contribution in [2.45, 2.75) is 39.3 Å². The summed E-state index contributed by atoms with van der Waals surface area (Å²) < 4.78 is 41.5. The Labute approximate surface area is 200 Å². The van der Waals surface area contributed by atoms with Crippen LogP contribution >= 0.6 is 23.2 Å². The minimum atomic E-state index is -4.45. The Kier molecular flexibility index (Phi) is 6.40. The number of hydrogen-bond donors (Lipinski definition) is 0. The number of nitrogens with zero attached hydrogens (tertiary/aromatic N) is 3. The summed E-state index contributed by atoms with van der Waals surface area (Å²) in [7, 11) is 1.66. The van der Waals surface area contributed by atoms with Crippen molar-refractivity contribution in [1.29, 1.82) is 0 Å². The number of benzene rings is 2. The first kappa shape index (κ1) is 23.9. The van der Waals surface area contributed by atoms with Gasteiger partial charge in [-0.15, -0.1) is 0 Å². The molecule has 0 atom stereocenters. The summed E-state index contributed by atoms with van der Waals surface area (Å²) in [4.78, 5) is 19.5. The number of rotatable bonds is 3. The average Bonchev–Trinajstić information content (AvgIpc) is 3.07. The number of halogens is 5. The second-order valence-corrected chi connectivity index (χ2v) is 9.57. The van der Waals surface area contributed by atoms with E-state index in [0.29, 0.717) is 57.6 Å². The molecule has 0 spiro atoms. The van der Waals surface area contributed by atoms with E-state index in [-0.39, 0.29) is 17.4 Å². The maximum atomic E-state index is 13.3. The summed E-state index contributed by atoms with van der Waals surface area (Å²) in [5, 5.41) is 0.634. The number of imidazole rings is 1. The minimum Gasteiger partial charge on any atom is -0.339 e. The van der Waals surface area contributed by atoms with Crippen molar-refractivity contribution in [1.82, 2.24) is 14.5 Å². The zero-order valence-electron chi connectivity index (χ0n) is 18.6. The summed E-state index contributed by atoms with van der Waals surface area (Å²) in [6.45, 7) is 5.14. The topological polar surface area (TPSA) is 38.1 Å². The van der Waals surface area contributed by atoms with Gasteiger partial charge >= 0.3 is 6.18 Å². The average molecular weight is 498 g/mol. The number of aromatic nitrogens is 2. The molecule has 0 bridgehead atoms. The summed E-state index contributed by atoms with van der Waals surface area (Å²) in [6, 6.07) is 5.46. The van der Waals surface area contributed by atoms with Crippen molar-refractivity contribution in [2.75, 3.05) is 13.1 Å². The van der Waals surface area contributed by atoms with E-state index < -0.39 is 11.7 Å². The third kappa shape index (κ3) is 4.58. The van der Waals surface area contributed by atoms with Crippen molar-refractivity contribution in [3.8, 4) is 0 Å². The third-order valence-corrected chi connectivity index (χ3v) is 7.21. The highest BCUT2D eigenvalue weighted by Gasteiger charge is 2.32. The van der Waals surface area contributed by atoms with Gasteiger partial charge in [0.25, 0.3) is 5.91 Å². The first-order chi connectivity index (χ1) is 15.5. The van der Waals surface area contributed by atoms with E-state index in [1.165, 1.54) is 0 Å². The summed E-state index contributed by atoms with van der Waals surface area (Å²) >= 11 is 13.1. The summed E-state index contributed by atoms with van der Waals surface area (Å²) in [5.41, 5.74) is 1.48. The fraction of sp³-hybridized carbons (Fsp3) is 0.417. The van der Waals surface area contributed by atoms with E-state index in [1.54, 1.807) is 35.6 Å². The highest BCUT2D eigenvalue weighted by molar-refractivity contribution is 6.38. The maximum absolute atomic E-state index is 13.3. The lowest BCUT2D eigenvalue weighted by molar-refractivity contribution is -0.137. The number of hydrogen-bond acceptors (Lipinski definition) is 2. The van der Waals surface area contributed by atoms with Gasteiger partial charge in [-0.3, -0.25) is 4.79 Å². The molecule has 1 aliphatic heterocycles. The molecule has 0 N–H and O–H groups in total. The molecule has 0 aliphatic carbocycles. The van der Waals surface area contributed by atoms with Crippen molar-refractivity contribution in [3.05, 3.63) is 62.4 Å². The van der Waals surface area contributed by atoms with Crippen LogP contribution in [0.3, 0.4) is 0 Å². The SMILES string of the molecule is Cc1cc(C(F)(F)F)cc2c1nc(Cc1c(Cl)ccc(C(=O)N3CCC(C)CC3)c1Cl)n2C. The molecule has 1 aliphatic rings. The largest absolute Gasteiger partial charge is 0.416 e. The highest BCUT2D eigenvalue weighted by Crippen LogP contribution is 2.35. The molecule has 1 aromatic heterocycles. The molecular formula is C24H24Cl2F3N3O. The number of amides is 1. The standard InChI is InChI=1S/C24H24Cl2F3N3O/c1-13-6-8-32(9-7-13)23(33)16-4-5-18(25)17(21(16)26)12-20-30-22-14(2)10-15(24(27,28)29)11-19(22)31(20)3/h4-5,10-11,13H,6-9,12H2,1-3H3. The minimum absolute atomic E-state index is 0.138. The lowest BCUT2D eigenvalue weighted by Gasteiger charge is -2.30. The van der Waals surface area contributed by atoms with Gasteiger partial charge in [0, 0.05) is 31.6 Å². The van der Waals surface area contributed by atoms with Crippen LogP contribution in [0.4, 0.5) is 13.2 Å². The van der Waals surface area contributed by atoms with E-state index in [0.717, 1.165) is 25.0 Å². The molecule has 2 heterocycles. The van der Waals surface area contributed by atoms with E-state index in [2.05, 4.69) is 11.9 Å². The van der Waals surface area contributed by atoms with Crippen LogP contribution in [0.1, 0.15) is 52.6 Å². The molecule has 1 saturated heterocycles. The fourth-order valence-corrected chi connectivity index (χ4v) is 4.88. The van der Waals surface area contributed by atoms with Gasteiger partial charge in [-0.25, -0.2) is 4.98 Å². The molecule has 4 nitrogen and oxygen atoms in total. The third-order valence-electron chi connectivity index (χ3n) is 6.42. The number of carbonyl (C=O) groups is 1. The van der Waals surface area contributed by atoms with Crippen LogP contribution in [0.15, 0.2) is 24.3 Å². The summed E-state index contributed by atoms with van der Waals surface area (Å²) in [5.74, 6) is 0.956. The number of likely N-dealkylation sites (tertiary alicyclic amines) is 1.